The number of aromatic nitrogens is 1. The fourth-order valence-electron chi connectivity index (χ4n) is 1.59. The Bertz CT molecular complexity index is 552. The van der Waals surface area contributed by atoms with Gasteiger partial charge >= 0.3 is 0 Å². The first kappa shape index (κ1) is 11.6. The maximum Gasteiger partial charge on any atom is 0.125 e. The maximum atomic E-state index is 13.2. The summed E-state index contributed by atoms with van der Waals surface area (Å²) in [5.41, 5.74) is 8.23. The number of nitrogen functional groups attached to an aromatic ring is 1. The zero-order valence-corrected chi connectivity index (χ0v) is 11.2. The molecular formula is C12H12FIN2. The van der Waals surface area contributed by atoms with Gasteiger partial charge in [0.2, 0.25) is 0 Å². The van der Waals surface area contributed by atoms with Gasteiger partial charge in [0, 0.05) is 20.3 Å². The predicted octanol–water partition coefficient (Wildman–Crippen LogP) is 3.68. The number of rotatable bonds is 1. The van der Waals surface area contributed by atoms with E-state index in [4.69, 9.17) is 5.73 Å². The average molecular weight is 330 g/mol. The molecule has 0 saturated heterocycles. The van der Waals surface area contributed by atoms with E-state index in [1.165, 1.54) is 12.1 Å². The Balaban J connectivity index is 2.82. The van der Waals surface area contributed by atoms with Crippen LogP contribution < -0.4 is 5.73 Å². The van der Waals surface area contributed by atoms with Crippen LogP contribution in [-0.2, 0) is 0 Å². The van der Waals surface area contributed by atoms with Crippen molar-refractivity contribution in [2.75, 3.05) is 5.73 Å². The van der Waals surface area contributed by atoms with Crippen LogP contribution in [0.15, 0.2) is 18.2 Å². The normalized spacial score (nSPS) is 11.3. The number of hydrogen-bond donors (Lipinski definition) is 1. The molecule has 2 rings (SSSR count). The summed E-state index contributed by atoms with van der Waals surface area (Å²) < 4.78 is 14.0. The molecule has 0 atom stereocenters. The third-order valence-electron chi connectivity index (χ3n) is 2.48. The molecule has 0 bridgehead atoms. The minimum Gasteiger partial charge on any atom is -0.398 e. The van der Waals surface area contributed by atoms with Crippen LogP contribution in [-0.4, -0.2) is 4.98 Å². The topological polar surface area (TPSA) is 38.9 Å². The van der Waals surface area contributed by atoms with E-state index in [-0.39, 0.29) is 5.82 Å². The summed E-state index contributed by atoms with van der Waals surface area (Å²) in [6.45, 7) is 4.12. The molecule has 84 valence electrons. The van der Waals surface area contributed by atoms with Crippen molar-refractivity contribution in [3.63, 3.8) is 0 Å². The smallest absolute Gasteiger partial charge is 0.125 e. The molecule has 0 aliphatic heterocycles. The summed E-state index contributed by atoms with van der Waals surface area (Å²) in [7, 11) is 0. The van der Waals surface area contributed by atoms with Gasteiger partial charge in [0.15, 0.2) is 0 Å². The molecule has 0 aliphatic carbocycles. The van der Waals surface area contributed by atoms with Crippen LogP contribution in [0.3, 0.4) is 0 Å². The van der Waals surface area contributed by atoms with Crippen molar-refractivity contribution in [2.45, 2.75) is 19.8 Å². The van der Waals surface area contributed by atoms with Gasteiger partial charge in [0.25, 0.3) is 0 Å². The molecule has 16 heavy (non-hydrogen) atoms. The van der Waals surface area contributed by atoms with Gasteiger partial charge in [0.1, 0.15) is 5.82 Å². The molecule has 0 amide bonds. The van der Waals surface area contributed by atoms with E-state index >= 15 is 0 Å². The molecule has 2 N–H and O–H groups in total. The molecular weight excluding hydrogens is 318 g/mol. The van der Waals surface area contributed by atoms with Crippen molar-refractivity contribution < 1.29 is 4.39 Å². The van der Waals surface area contributed by atoms with Crippen molar-refractivity contribution in [3.8, 4) is 0 Å². The molecule has 0 radical (unpaired) electrons. The van der Waals surface area contributed by atoms with E-state index < -0.39 is 0 Å². The van der Waals surface area contributed by atoms with Crippen LogP contribution in [0.4, 0.5) is 10.1 Å². The third kappa shape index (κ3) is 1.98. The van der Waals surface area contributed by atoms with E-state index in [0.717, 1.165) is 14.8 Å². The Morgan fingerprint density at radius 3 is 2.62 bits per heavy atom. The molecule has 0 aliphatic rings. The van der Waals surface area contributed by atoms with Crippen LogP contribution >= 0.6 is 22.6 Å². The summed E-state index contributed by atoms with van der Waals surface area (Å²) in [6, 6.07) is 4.73. The maximum absolute atomic E-state index is 13.2. The highest BCUT2D eigenvalue weighted by Crippen LogP contribution is 2.28. The van der Waals surface area contributed by atoms with E-state index in [0.29, 0.717) is 17.0 Å². The van der Waals surface area contributed by atoms with Crippen molar-refractivity contribution >= 4 is 39.2 Å². The molecule has 0 saturated carbocycles. The molecule has 1 aromatic carbocycles. The molecule has 0 unspecified atom stereocenters. The number of pyridine rings is 1. The van der Waals surface area contributed by atoms with E-state index in [1.807, 2.05) is 6.07 Å². The number of benzene rings is 1. The van der Waals surface area contributed by atoms with Crippen LogP contribution in [0.2, 0.25) is 0 Å². The number of anilines is 1. The molecule has 0 fully saturated rings. The molecule has 1 heterocycles. The van der Waals surface area contributed by atoms with Crippen LogP contribution in [0.1, 0.15) is 25.5 Å². The largest absolute Gasteiger partial charge is 0.398 e. The number of halogens is 2. The second kappa shape index (κ2) is 4.16. The lowest BCUT2D eigenvalue weighted by Crippen LogP contribution is -1.99. The second-order valence-electron chi connectivity index (χ2n) is 4.07. The molecule has 0 spiro atoms. The number of nitrogens with two attached hydrogens (primary N) is 1. The molecule has 2 nitrogen and oxygen atoms in total. The molecule has 4 heteroatoms. The van der Waals surface area contributed by atoms with Gasteiger partial charge in [0.05, 0.1) is 5.52 Å². The summed E-state index contributed by atoms with van der Waals surface area (Å²) in [6.07, 6.45) is 0. The van der Waals surface area contributed by atoms with E-state index in [1.54, 1.807) is 0 Å². The minimum absolute atomic E-state index is 0.275. The Hall–Kier alpha value is -0.910. The van der Waals surface area contributed by atoms with Crippen molar-refractivity contribution in [1.29, 1.82) is 0 Å². The van der Waals surface area contributed by atoms with Crippen LogP contribution in [0.5, 0.6) is 0 Å². The lowest BCUT2D eigenvalue weighted by molar-refractivity contribution is 0.628. The fraction of sp³-hybridized carbons (Fsp3) is 0.250. The Morgan fingerprint density at radius 2 is 2.00 bits per heavy atom. The first-order valence-corrected chi connectivity index (χ1v) is 6.12. The zero-order chi connectivity index (χ0) is 11.9. The van der Waals surface area contributed by atoms with Gasteiger partial charge < -0.3 is 5.73 Å². The number of fused-ring (bicyclic) bond motifs is 1. The number of nitrogens with zero attached hydrogens (tertiary/aromatic N) is 1. The lowest BCUT2D eigenvalue weighted by atomic mass is 10.1. The predicted molar refractivity (Wildman–Crippen MR) is 72.9 cm³/mol. The average Bonchev–Trinajstić information content (AvgIpc) is 2.19. The highest BCUT2D eigenvalue weighted by atomic mass is 127. The van der Waals surface area contributed by atoms with Crippen molar-refractivity contribution in [1.82, 2.24) is 4.98 Å². The SMILES string of the molecule is CC(C)c1cc(N)c2cc(F)cc(I)c2n1. The van der Waals surface area contributed by atoms with Crippen LogP contribution in [0, 0.1) is 9.39 Å². The van der Waals surface area contributed by atoms with Gasteiger partial charge in [-0.25, -0.2) is 4.39 Å². The van der Waals surface area contributed by atoms with Gasteiger partial charge in [-0.2, -0.15) is 0 Å². The van der Waals surface area contributed by atoms with Gasteiger partial charge in [-0.15, -0.1) is 0 Å². The summed E-state index contributed by atoms with van der Waals surface area (Å²) >= 11 is 2.08. The third-order valence-corrected chi connectivity index (χ3v) is 3.30. The first-order valence-electron chi connectivity index (χ1n) is 5.04. The second-order valence-corrected chi connectivity index (χ2v) is 5.24. The first-order chi connectivity index (χ1) is 7.49. The van der Waals surface area contributed by atoms with Crippen molar-refractivity contribution in [2.24, 2.45) is 0 Å². The van der Waals surface area contributed by atoms with Crippen LogP contribution in [0.25, 0.3) is 10.9 Å². The quantitative estimate of drug-likeness (QED) is 0.810. The van der Waals surface area contributed by atoms with E-state index in [2.05, 4.69) is 41.4 Å². The fourth-order valence-corrected chi connectivity index (χ4v) is 2.30. The summed E-state index contributed by atoms with van der Waals surface area (Å²) in [5.74, 6) is 0.0373. The summed E-state index contributed by atoms with van der Waals surface area (Å²) in [5, 5.41) is 0.689. The zero-order valence-electron chi connectivity index (χ0n) is 9.09. The van der Waals surface area contributed by atoms with Gasteiger partial charge in [-0.05, 0) is 46.7 Å². The van der Waals surface area contributed by atoms with Gasteiger partial charge in [-0.1, -0.05) is 13.8 Å². The monoisotopic (exact) mass is 330 g/mol. The van der Waals surface area contributed by atoms with E-state index in [9.17, 15) is 4.39 Å². The standard InChI is InChI=1S/C12H12FIN2/c1-6(2)11-5-10(15)8-3-7(13)4-9(14)12(8)16-11/h3-6H,1-2H3,(H2,15,16). The summed E-state index contributed by atoms with van der Waals surface area (Å²) in [4.78, 5) is 4.52. The Kier molecular flexibility index (Phi) is 3.01. The Morgan fingerprint density at radius 1 is 1.31 bits per heavy atom. The highest BCUT2D eigenvalue weighted by molar-refractivity contribution is 14.1. The minimum atomic E-state index is -0.275. The molecule has 2 aromatic rings. The lowest BCUT2D eigenvalue weighted by Gasteiger charge is -2.10. The number of hydrogen-bond acceptors (Lipinski definition) is 2. The highest BCUT2D eigenvalue weighted by Gasteiger charge is 2.10. The molecule has 1 aromatic heterocycles. The van der Waals surface area contributed by atoms with Crippen molar-refractivity contribution in [3.05, 3.63) is 33.3 Å². The van der Waals surface area contributed by atoms with Gasteiger partial charge in [-0.3, -0.25) is 4.98 Å². The Labute approximate surface area is 107 Å².